The van der Waals surface area contributed by atoms with Gasteiger partial charge in [-0.1, -0.05) is 23.2 Å². The minimum absolute atomic E-state index is 0.120. The third-order valence-electron chi connectivity index (χ3n) is 3.33. The molecule has 0 fully saturated rings. The Morgan fingerprint density at radius 2 is 1.87 bits per heavy atom. The largest absolute Gasteiger partial charge is 0.368 e. The maximum absolute atomic E-state index is 12.6. The van der Waals surface area contributed by atoms with Gasteiger partial charge in [-0.15, -0.1) is 0 Å². The Morgan fingerprint density at radius 1 is 1.22 bits per heavy atom. The smallest absolute Gasteiger partial charge is 0.332 e. The van der Waals surface area contributed by atoms with Crippen LogP contribution < -0.4 is 17.0 Å². The van der Waals surface area contributed by atoms with Crippen LogP contribution in [0.2, 0.25) is 10.0 Å². The van der Waals surface area contributed by atoms with E-state index in [0.29, 0.717) is 6.54 Å². The Balaban J connectivity index is 2.85. The number of fused-ring (bicyclic) bond motifs is 1. The maximum atomic E-state index is 12.6. The van der Waals surface area contributed by atoms with E-state index in [9.17, 15) is 14.4 Å². The topological polar surface area (TPSA) is 90.3 Å². The lowest BCUT2D eigenvalue weighted by molar-refractivity contribution is -0.118. The SMILES string of the molecule is CN(C)CCn1c(=O)c2c(Cl)cc(Cl)cc2n(CC(N)=O)c1=O. The molecule has 1 aromatic carbocycles. The average Bonchev–Trinajstić information content (AvgIpc) is 2.41. The van der Waals surface area contributed by atoms with Crippen molar-refractivity contribution in [3.8, 4) is 0 Å². The zero-order chi connectivity index (χ0) is 17.3. The van der Waals surface area contributed by atoms with Crippen molar-refractivity contribution in [2.24, 2.45) is 5.73 Å². The first-order chi connectivity index (χ1) is 10.7. The first-order valence-corrected chi connectivity index (χ1v) is 7.53. The molecule has 0 unspecified atom stereocenters. The van der Waals surface area contributed by atoms with Gasteiger partial charge in [-0.2, -0.15) is 0 Å². The molecule has 1 amide bonds. The number of nitrogens with zero attached hydrogens (tertiary/aromatic N) is 3. The summed E-state index contributed by atoms with van der Waals surface area (Å²) < 4.78 is 2.16. The number of hydrogen-bond donors (Lipinski definition) is 1. The van der Waals surface area contributed by atoms with Gasteiger partial charge in [0.25, 0.3) is 5.56 Å². The van der Waals surface area contributed by atoms with Crippen molar-refractivity contribution < 1.29 is 4.79 Å². The van der Waals surface area contributed by atoms with E-state index in [-0.39, 0.29) is 34.0 Å². The number of nitrogens with two attached hydrogens (primary N) is 1. The molecule has 0 bridgehead atoms. The van der Waals surface area contributed by atoms with Crippen LogP contribution in [0.4, 0.5) is 0 Å². The van der Waals surface area contributed by atoms with Crippen LogP contribution in [0.15, 0.2) is 21.7 Å². The molecule has 9 heteroatoms. The van der Waals surface area contributed by atoms with Crippen LogP contribution in [0.5, 0.6) is 0 Å². The normalized spacial score (nSPS) is 11.3. The fraction of sp³-hybridized carbons (Fsp3) is 0.357. The highest BCUT2D eigenvalue weighted by atomic mass is 35.5. The first-order valence-electron chi connectivity index (χ1n) is 6.77. The number of rotatable bonds is 5. The van der Waals surface area contributed by atoms with Crippen LogP contribution in [0.25, 0.3) is 10.9 Å². The number of hydrogen-bond acceptors (Lipinski definition) is 4. The highest BCUT2D eigenvalue weighted by Crippen LogP contribution is 2.24. The first kappa shape index (κ1) is 17.5. The summed E-state index contributed by atoms with van der Waals surface area (Å²) in [5.41, 5.74) is 4.26. The van der Waals surface area contributed by atoms with Crippen molar-refractivity contribution in [3.05, 3.63) is 43.0 Å². The van der Waals surface area contributed by atoms with Crippen LogP contribution in [0.3, 0.4) is 0 Å². The monoisotopic (exact) mass is 358 g/mol. The zero-order valence-corrected chi connectivity index (χ0v) is 14.2. The number of aromatic nitrogens is 2. The molecule has 0 aliphatic carbocycles. The lowest BCUT2D eigenvalue weighted by atomic mass is 10.2. The van der Waals surface area contributed by atoms with Gasteiger partial charge >= 0.3 is 5.69 Å². The predicted molar refractivity (Wildman–Crippen MR) is 90.2 cm³/mol. The second kappa shape index (κ2) is 6.74. The summed E-state index contributed by atoms with van der Waals surface area (Å²) in [4.78, 5) is 38.3. The molecule has 2 aromatic rings. The molecule has 23 heavy (non-hydrogen) atoms. The molecule has 0 atom stereocenters. The van der Waals surface area contributed by atoms with Gasteiger partial charge in [0.15, 0.2) is 0 Å². The molecule has 0 spiro atoms. The highest BCUT2D eigenvalue weighted by molar-refractivity contribution is 6.38. The molecule has 0 saturated carbocycles. The van der Waals surface area contributed by atoms with Crippen molar-refractivity contribution in [2.45, 2.75) is 13.1 Å². The van der Waals surface area contributed by atoms with Gasteiger partial charge in [-0.25, -0.2) is 4.79 Å². The second-order valence-corrected chi connectivity index (χ2v) is 6.22. The van der Waals surface area contributed by atoms with E-state index in [1.165, 1.54) is 12.1 Å². The van der Waals surface area contributed by atoms with Gasteiger partial charge in [-0.05, 0) is 26.2 Å². The summed E-state index contributed by atoms with van der Waals surface area (Å²) in [5, 5.41) is 0.510. The van der Waals surface area contributed by atoms with Crippen LogP contribution in [0.1, 0.15) is 0 Å². The van der Waals surface area contributed by atoms with Crippen molar-refractivity contribution in [1.82, 2.24) is 14.0 Å². The standard InChI is InChI=1S/C14H16Cl2N4O3/c1-18(2)3-4-19-13(22)12-9(16)5-8(15)6-10(12)20(14(19)23)7-11(17)21/h5-6H,3-4,7H2,1-2H3,(H2,17,21). The summed E-state index contributed by atoms with van der Waals surface area (Å²) in [6.07, 6.45) is 0. The molecule has 2 rings (SSSR count). The number of benzene rings is 1. The van der Waals surface area contributed by atoms with Crippen molar-refractivity contribution in [1.29, 1.82) is 0 Å². The third-order valence-corrected chi connectivity index (χ3v) is 3.85. The third kappa shape index (κ3) is 3.57. The summed E-state index contributed by atoms with van der Waals surface area (Å²) >= 11 is 12.1. The van der Waals surface area contributed by atoms with Crippen molar-refractivity contribution in [3.63, 3.8) is 0 Å². The van der Waals surface area contributed by atoms with Gasteiger partial charge in [0.2, 0.25) is 5.91 Å². The molecule has 0 saturated heterocycles. The predicted octanol–water partition coefficient (Wildman–Crippen LogP) is 0.517. The van der Waals surface area contributed by atoms with Gasteiger partial charge in [0.1, 0.15) is 6.54 Å². The number of likely N-dealkylation sites (N-methyl/N-ethyl adjacent to an activating group) is 1. The number of amides is 1. The molecule has 0 aliphatic rings. The van der Waals surface area contributed by atoms with E-state index < -0.39 is 17.2 Å². The van der Waals surface area contributed by atoms with E-state index >= 15 is 0 Å². The lowest BCUT2D eigenvalue weighted by Crippen LogP contribution is -2.43. The Morgan fingerprint density at radius 3 is 2.43 bits per heavy atom. The number of halogens is 2. The molecule has 0 aliphatic heterocycles. The fourth-order valence-electron chi connectivity index (χ4n) is 2.26. The number of carbonyl (C=O) groups excluding carboxylic acids is 1. The van der Waals surface area contributed by atoms with Gasteiger partial charge in [0, 0.05) is 18.1 Å². The molecule has 0 radical (unpaired) electrons. The van der Waals surface area contributed by atoms with E-state index in [2.05, 4.69) is 0 Å². The molecule has 124 valence electrons. The minimum Gasteiger partial charge on any atom is -0.368 e. The summed E-state index contributed by atoms with van der Waals surface area (Å²) in [6.45, 7) is 0.273. The Kier molecular flexibility index (Phi) is 5.13. The van der Waals surface area contributed by atoms with Crippen LogP contribution in [0, 0.1) is 0 Å². The molecular formula is C14H16Cl2N4O3. The molecule has 2 N–H and O–H groups in total. The molecule has 1 heterocycles. The van der Waals surface area contributed by atoms with E-state index in [0.717, 1.165) is 9.13 Å². The Labute approximate surface area is 141 Å². The Bertz CT molecular complexity index is 886. The van der Waals surface area contributed by atoms with Crippen LogP contribution in [-0.2, 0) is 17.9 Å². The summed E-state index contributed by atoms with van der Waals surface area (Å²) in [7, 11) is 3.64. The van der Waals surface area contributed by atoms with Crippen molar-refractivity contribution in [2.75, 3.05) is 20.6 Å². The average molecular weight is 359 g/mol. The molecule has 1 aromatic heterocycles. The van der Waals surface area contributed by atoms with Crippen LogP contribution >= 0.6 is 23.2 Å². The lowest BCUT2D eigenvalue weighted by Gasteiger charge is -2.15. The van der Waals surface area contributed by atoms with Gasteiger partial charge < -0.3 is 10.6 Å². The minimum atomic E-state index is -0.706. The molecule has 7 nitrogen and oxygen atoms in total. The van der Waals surface area contributed by atoms with E-state index in [1.807, 2.05) is 19.0 Å². The zero-order valence-electron chi connectivity index (χ0n) is 12.7. The second-order valence-electron chi connectivity index (χ2n) is 5.38. The van der Waals surface area contributed by atoms with Crippen molar-refractivity contribution >= 4 is 40.0 Å². The molecular weight excluding hydrogens is 343 g/mol. The number of carbonyl (C=O) groups is 1. The van der Waals surface area contributed by atoms with Gasteiger partial charge in [-0.3, -0.25) is 18.7 Å². The summed E-state index contributed by atoms with van der Waals surface area (Å²) in [5.74, 6) is -0.706. The van der Waals surface area contributed by atoms with E-state index in [1.54, 1.807) is 0 Å². The quantitative estimate of drug-likeness (QED) is 0.843. The Hall–Kier alpha value is -1.83. The van der Waals surface area contributed by atoms with Crippen LogP contribution in [-0.4, -0.2) is 40.6 Å². The number of primary amides is 1. The van der Waals surface area contributed by atoms with E-state index in [4.69, 9.17) is 28.9 Å². The summed E-state index contributed by atoms with van der Waals surface area (Å²) in [6, 6.07) is 2.84. The fourth-order valence-corrected chi connectivity index (χ4v) is 2.82. The highest BCUT2D eigenvalue weighted by Gasteiger charge is 2.17. The maximum Gasteiger partial charge on any atom is 0.332 e. The van der Waals surface area contributed by atoms with Gasteiger partial charge in [0.05, 0.1) is 15.9 Å².